The molecule has 8 nitrogen and oxygen atoms in total. The molecule has 1 saturated heterocycles. The quantitative estimate of drug-likeness (QED) is 0.473. The molecule has 2 heterocycles. The summed E-state index contributed by atoms with van der Waals surface area (Å²) in [5.41, 5.74) is 2.50. The number of nitrogens with zero attached hydrogens (tertiary/aromatic N) is 4. The summed E-state index contributed by atoms with van der Waals surface area (Å²) >= 11 is 0. The lowest BCUT2D eigenvalue weighted by molar-refractivity contribution is 0.384. The van der Waals surface area contributed by atoms with E-state index in [0.29, 0.717) is 45.2 Å². The highest BCUT2D eigenvalue weighted by Gasteiger charge is 2.27. The smallest absolute Gasteiger partial charge is 0.215 e. The van der Waals surface area contributed by atoms with Gasteiger partial charge >= 0.3 is 0 Å². The minimum absolute atomic E-state index is 0.0306. The molecule has 1 aromatic heterocycles. The molecule has 0 unspecified atom stereocenters. The third-order valence-corrected chi connectivity index (χ3v) is 7.30. The van der Waals surface area contributed by atoms with Gasteiger partial charge in [0.15, 0.2) is 5.96 Å². The van der Waals surface area contributed by atoms with Crippen molar-refractivity contribution in [1.82, 2.24) is 19.9 Å². The Labute approximate surface area is 185 Å². The van der Waals surface area contributed by atoms with Gasteiger partial charge in [-0.1, -0.05) is 37.3 Å². The summed E-state index contributed by atoms with van der Waals surface area (Å²) in [4.78, 5) is 10.7. The highest BCUT2D eigenvalue weighted by molar-refractivity contribution is 7.89. The predicted molar refractivity (Wildman–Crippen MR) is 126 cm³/mol. The molecule has 9 heteroatoms. The Kier molecular flexibility index (Phi) is 8.25. The zero-order valence-electron chi connectivity index (χ0n) is 18.3. The number of aryl methyl sites for hydroxylation is 1. The number of rotatable bonds is 8. The van der Waals surface area contributed by atoms with Gasteiger partial charge in [-0.05, 0) is 29.7 Å². The van der Waals surface area contributed by atoms with Gasteiger partial charge in [-0.2, -0.15) is 4.31 Å². The van der Waals surface area contributed by atoms with Gasteiger partial charge in [0.2, 0.25) is 10.0 Å². The molecule has 0 atom stereocenters. The Hall–Kier alpha value is -2.65. The van der Waals surface area contributed by atoms with Gasteiger partial charge in [0.25, 0.3) is 0 Å². The van der Waals surface area contributed by atoms with E-state index < -0.39 is 10.0 Å². The van der Waals surface area contributed by atoms with Gasteiger partial charge in [0.05, 0.1) is 5.75 Å². The second-order valence-corrected chi connectivity index (χ2v) is 9.45. The lowest BCUT2D eigenvalue weighted by Crippen LogP contribution is -2.50. The summed E-state index contributed by atoms with van der Waals surface area (Å²) in [5.74, 6) is 1.52. The summed E-state index contributed by atoms with van der Waals surface area (Å²) in [6.45, 7) is 5.31. The number of guanidine groups is 1. The molecule has 0 spiro atoms. The predicted octanol–water partition coefficient (Wildman–Crippen LogP) is 1.46. The number of hydrogen-bond donors (Lipinski definition) is 2. The second-order valence-electron chi connectivity index (χ2n) is 7.36. The summed E-state index contributed by atoms with van der Waals surface area (Å²) in [6, 6.07) is 14.0. The van der Waals surface area contributed by atoms with Crippen LogP contribution >= 0.6 is 0 Å². The maximum Gasteiger partial charge on any atom is 0.215 e. The van der Waals surface area contributed by atoms with E-state index >= 15 is 0 Å². The van der Waals surface area contributed by atoms with Crippen LogP contribution in [0.2, 0.25) is 0 Å². The molecule has 1 aliphatic rings. The number of hydrogen-bond acceptors (Lipinski definition) is 5. The van der Waals surface area contributed by atoms with Crippen molar-refractivity contribution in [2.75, 3.05) is 50.4 Å². The summed E-state index contributed by atoms with van der Waals surface area (Å²) in [5, 5.41) is 6.39. The number of pyridine rings is 1. The third kappa shape index (κ3) is 6.41. The highest BCUT2D eigenvalue weighted by atomic mass is 32.2. The lowest BCUT2D eigenvalue weighted by atomic mass is 10.1. The number of nitrogens with one attached hydrogen (secondary N) is 2. The number of piperazine rings is 1. The van der Waals surface area contributed by atoms with Crippen LogP contribution in [0.4, 0.5) is 5.82 Å². The highest BCUT2D eigenvalue weighted by Crippen LogP contribution is 2.14. The van der Waals surface area contributed by atoms with E-state index in [4.69, 9.17) is 0 Å². The Morgan fingerprint density at radius 1 is 1.03 bits per heavy atom. The van der Waals surface area contributed by atoms with Gasteiger partial charge in [0, 0.05) is 52.5 Å². The fraction of sp³-hybridized carbons (Fsp3) is 0.455. The minimum Gasteiger partial charge on any atom is -0.355 e. The lowest BCUT2D eigenvalue weighted by Gasteiger charge is -2.34. The molecule has 0 radical (unpaired) electrons. The molecule has 0 bridgehead atoms. The van der Waals surface area contributed by atoms with Crippen LogP contribution < -0.4 is 15.5 Å². The number of sulfonamides is 1. The Balaban J connectivity index is 1.44. The molecule has 31 heavy (non-hydrogen) atoms. The molecule has 0 aliphatic carbocycles. The van der Waals surface area contributed by atoms with E-state index in [1.165, 1.54) is 11.1 Å². The Morgan fingerprint density at radius 2 is 1.74 bits per heavy atom. The Bertz CT molecular complexity index is 957. The van der Waals surface area contributed by atoms with Crippen molar-refractivity contribution in [3.8, 4) is 0 Å². The van der Waals surface area contributed by atoms with Crippen molar-refractivity contribution < 1.29 is 8.42 Å². The van der Waals surface area contributed by atoms with Gasteiger partial charge in [-0.15, -0.1) is 0 Å². The summed E-state index contributed by atoms with van der Waals surface area (Å²) in [7, 11) is -1.64. The van der Waals surface area contributed by atoms with Gasteiger partial charge in [0.1, 0.15) is 5.82 Å². The number of aromatic nitrogens is 1. The molecule has 1 aromatic carbocycles. The van der Waals surface area contributed by atoms with E-state index in [9.17, 15) is 8.42 Å². The van der Waals surface area contributed by atoms with Crippen LogP contribution in [0.3, 0.4) is 0 Å². The molecule has 3 rings (SSSR count). The van der Waals surface area contributed by atoms with Crippen molar-refractivity contribution in [3.05, 3.63) is 59.8 Å². The standard InChI is InChI=1S/C22H32N6O2S/c1-3-19-8-4-5-9-20(19)18-26-22(23-2)25-12-17-31(29,30)28-15-13-27(14-16-28)21-10-6-7-11-24-21/h4-11H,3,12-18H2,1-2H3,(H2,23,25,26). The fourth-order valence-electron chi connectivity index (χ4n) is 3.64. The van der Waals surface area contributed by atoms with Crippen molar-refractivity contribution in [2.24, 2.45) is 4.99 Å². The van der Waals surface area contributed by atoms with Crippen LogP contribution in [0.5, 0.6) is 0 Å². The van der Waals surface area contributed by atoms with E-state index in [0.717, 1.165) is 12.2 Å². The second kappa shape index (κ2) is 11.1. The van der Waals surface area contributed by atoms with Crippen LogP contribution in [0, 0.1) is 0 Å². The van der Waals surface area contributed by atoms with Gasteiger partial charge in [-0.3, -0.25) is 4.99 Å². The van der Waals surface area contributed by atoms with Crippen molar-refractivity contribution in [2.45, 2.75) is 19.9 Å². The number of aliphatic imine (C=N–C) groups is 1. The summed E-state index contributed by atoms with van der Waals surface area (Å²) in [6.07, 6.45) is 2.72. The zero-order valence-corrected chi connectivity index (χ0v) is 19.1. The maximum atomic E-state index is 12.8. The van der Waals surface area contributed by atoms with Crippen molar-refractivity contribution in [1.29, 1.82) is 0 Å². The van der Waals surface area contributed by atoms with E-state index in [2.05, 4.69) is 44.6 Å². The molecule has 0 saturated carbocycles. The topological polar surface area (TPSA) is 89.9 Å². The van der Waals surface area contributed by atoms with Gasteiger partial charge < -0.3 is 15.5 Å². The van der Waals surface area contributed by atoms with E-state index in [-0.39, 0.29) is 5.75 Å². The first kappa shape index (κ1) is 23.0. The first-order chi connectivity index (χ1) is 15.0. The number of anilines is 1. The van der Waals surface area contributed by atoms with Crippen LogP contribution in [-0.4, -0.2) is 69.2 Å². The van der Waals surface area contributed by atoms with Crippen LogP contribution in [0.1, 0.15) is 18.1 Å². The molecular weight excluding hydrogens is 412 g/mol. The third-order valence-electron chi connectivity index (χ3n) is 5.43. The van der Waals surface area contributed by atoms with E-state index in [1.807, 2.05) is 30.3 Å². The van der Waals surface area contributed by atoms with E-state index in [1.54, 1.807) is 17.5 Å². The number of benzene rings is 1. The normalized spacial score (nSPS) is 15.7. The van der Waals surface area contributed by atoms with Crippen molar-refractivity contribution >= 4 is 21.8 Å². The monoisotopic (exact) mass is 444 g/mol. The SMILES string of the molecule is CCc1ccccc1CNC(=NC)NCCS(=O)(=O)N1CCN(c2ccccn2)CC1. The molecule has 1 fully saturated rings. The zero-order chi connectivity index (χ0) is 22.1. The van der Waals surface area contributed by atoms with Crippen LogP contribution in [0.25, 0.3) is 0 Å². The fourth-order valence-corrected chi connectivity index (χ4v) is 4.98. The van der Waals surface area contributed by atoms with Gasteiger partial charge in [-0.25, -0.2) is 13.4 Å². The Morgan fingerprint density at radius 3 is 2.39 bits per heavy atom. The molecule has 2 N–H and O–H groups in total. The first-order valence-electron chi connectivity index (χ1n) is 10.7. The average Bonchev–Trinajstić information content (AvgIpc) is 2.82. The minimum atomic E-state index is -3.33. The largest absolute Gasteiger partial charge is 0.355 e. The molecule has 2 aromatic rings. The molecule has 168 valence electrons. The maximum absolute atomic E-state index is 12.8. The average molecular weight is 445 g/mol. The molecular formula is C22H32N6O2S. The van der Waals surface area contributed by atoms with Crippen LogP contribution in [0.15, 0.2) is 53.7 Å². The first-order valence-corrected chi connectivity index (χ1v) is 12.3. The molecule has 1 aliphatic heterocycles. The van der Waals surface area contributed by atoms with Crippen LogP contribution in [-0.2, 0) is 23.0 Å². The molecule has 0 amide bonds. The summed E-state index contributed by atoms with van der Waals surface area (Å²) < 4.78 is 27.1. The van der Waals surface area contributed by atoms with Crippen molar-refractivity contribution in [3.63, 3.8) is 0 Å².